The van der Waals surface area contributed by atoms with E-state index in [1.807, 2.05) is 24.3 Å². The summed E-state index contributed by atoms with van der Waals surface area (Å²) in [5.41, 5.74) is 1.92. The number of carbonyl (C=O) groups is 2. The van der Waals surface area contributed by atoms with Crippen molar-refractivity contribution >= 4 is 39.1 Å². The first-order valence-corrected chi connectivity index (χ1v) is 11.2. The summed E-state index contributed by atoms with van der Waals surface area (Å²) < 4.78 is 11.4. The predicted octanol–water partition coefficient (Wildman–Crippen LogP) is 5.97. The van der Waals surface area contributed by atoms with Crippen LogP contribution in [0.4, 0.5) is 5.69 Å². The third kappa shape index (κ3) is 4.09. The zero-order valence-electron chi connectivity index (χ0n) is 18.8. The van der Waals surface area contributed by atoms with E-state index in [0.29, 0.717) is 27.2 Å². The van der Waals surface area contributed by atoms with Gasteiger partial charge in [0.2, 0.25) is 0 Å². The molecule has 1 unspecified atom stereocenters. The zero-order chi connectivity index (χ0) is 23.9. The fraction of sp³-hybridized carbons (Fsp3) is 0.231. The number of carbonyl (C=O) groups excluding carboxylic acids is 2. The zero-order valence-corrected chi connectivity index (χ0v) is 20.3. The van der Waals surface area contributed by atoms with E-state index in [-0.39, 0.29) is 16.7 Å². The molecule has 1 saturated heterocycles. The molecule has 1 aromatic heterocycles. The fourth-order valence-electron chi connectivity index (χ4n) is 3.91. The summed E-state index contributed by atoms with van der Waals surface area (Å²) in [6, 6.07) is 14.9. The fourth-order valence-corrected chi connectivity index (χ4v) is 4.45. The van der Waals surface area contributed by atoms with Gasteiger partial charge in [-0.3, -0.25) is 14.5 Å². The summed E-state index contributed by atoms with van der Waals surface area (Å²) in [4.78, 5) is 27.7. The van der Waals surface area contributed by atoms with Crippen LogP contribution in [-0.4, -0.2) is 23.9 Å². The first kappa shape index (κ1) is 22.9. The second-order valence-electron chi connectivity index (χ2n) is 8.83. The third-order valence-corrected chi connectivity index (χ3v) is 6.31. The van der Waals surface area contributed by atoms with Crippen molar-refractivity contribution in [2.45, 2.75) is 32.2 Å². The highest BCUT2D eigenvalue weighted by molar-refractivity contribution is 9.10. The van der Waals surface area contributed by atoms with E-state index in [9.17, 15) is 14.7 Å². The van der Waals surface area contributed by atoms with E-state index in [1.165, 1.54) is 18.3 Å². The number of methoxy groups -OCH3 is 1. The second-order valence-corrected chi connectivity index (χ2v) is 9.69. The Bertz CT molecular complexity index is 1240. The summed E-state index contributed by atoms with van der Waals surface area (Å²) in [7, 11) is 1.53. The molecule has 4 rings (SSSR count). The quantitative estimate of drug-likeness (QED) is 0.266. The number of hydrogen-bond donors (Lipinski definition) is 1. The van der Waals surface area contributed by atoms with Crippen molar-refractivity contribution in [1.29, 1.82) is 0 Å². The van der Waals surface area contributed by atoms with Crippen molar-refractivity contribution in [3.63, 3.8) is 0 Å². The summed E-state index contributed by atoms with van der Waals surface area (Å²) in [6.45, 7) is 6.30. The van der Waals surface area contributed by atoms with Crippen molar-refractivity contribution in [3.05, 3.63) is 87.8 Å². The Hall–Kier alpha value is -3.32. The molecule has 1 atom stereocenters. The van der Waals surface area contributed by atoms with Gasteiger partial charge in [-0.2, -0.15) is 0 Å². The highest BCUT2D eigenvalue weighted by Crippen LogP contribution is 2.43. The van der Waals surface area contributed by atoms with Gasteiger partial charge < -0.3 is 14.3 Å². The lowest BCUT2D eigenvalue weighted by Gasteiger charge is -2.25. The van der Waals surface area contributed by atoms with E-state index in [0.717, 1.165) is 5.56 Å². The van der Waals surface area contributed by atoms with E-state index < -0.39 is 17.7 Å². The summed E-state index contributed by atoms with van der Waals surface area (Å²) in [5.74, 6) is -0.835. The topological polar surface area (TPSA) is 80.0 Å². The maximum absolute atomic E-state index is 13.2. The molecular formula is C26H24BrNO5. The van der Waals surface area contributed by atoms with Crippen LogP contribution in [0.15, 0.2) is 75.3 Å². The summed E-state index contributed by atoms with van der Waals surface area (Å²) in [5, 5.41) is 11.2. The molecule has 0 saturated carbocycles. The first-order valence-electron chi connectivity index (χ1n) is 10.4. The number of aliphatic hydroxyl groups is 1. The molecule has 6 nitrogen and oxygen atoms in total. The molecule has 0 radical (unpaired) electrons. The minimum absolute atomic E-state index is 0.0353. The summed E-state index contributed by atoms with van der Waals surface area (Å²) >= 11 is 3.40. The number of nitrogens with zero attached hydrogens (tertiary/aromatic N) is 1. The number of Topliss-reactive ketones (excluding diaryl/α,β-unsaturated/α-hetero) is 1. The average Bonchev–Trinajstić information content (AvgIpc) is 3.40. The highest BCUT2D eigenvalue weighted by Gasteiger charge is 2.48. The molecule has 1 aliphatic rings. The van der Waals surface area contributed by atoms with Gasteiger partial charge in [0, 0.05) is 11.3 Å². The van der Waals surface area contributed by atoms with Crippen LogP contribution in [-0.2, 0) is 15.0 Å². The van der Waals surface area contributed by atoms with E-state index >= 15 is 0 Å². The molecule has 2 aromatic carbocycles. The van der Waals surface area contributed by atoms with E-state index in [1.54, 1.807) is 30.3 Å². The van der Waals surface area contributed by atoms with Crippen molar-refractivity contribution < 1.29 is 23.8 Å². The molecule has 1 N–H and O–H groups in total. The van der Waals surface area contributed by atoms with Crippen molar-refractivity contribution in [2.24, 2.45) is 0 Å². The van der Waals surface area contributed by atoms with Gasteiger partial charge in [0.15, 0.2) is 0 Å². The molecule has 170 valence electrons. The number of anilines is 1. The lowest BCUT2D eigenvalue weighted by Crippen LogP contribution is -2.29. The molecule has 33 heavy (non-hydrogen) atoms. The van der Waals surface area contributed by atoms with E-state index in [4.69, 9.17) is 9.15 Å². The first-order chi connectivity index (χ1) is 15.6. The third-order valence-electron chi connectivity index (χ3n) is 5.69. The molecular weight excluding hydrogens is 486 g/mol. The lowest BCUT2D eigenvalue weighted by atomic mass is 9.87. The normalized spacial score (nSPS) is 18.1. The number of ether oxygens (including phenoxy) is 1. The number of rotatable bonds is 4. The Kier molecular flexibility index (Phi) is 5.93. The molecule has 2 heterocycles. The largest absolute Gasteiger partial charge is 0.507 e. The van der Waals surface area contributed by atoms with Crippen LogP contribution in [0.5, 0.6) is 5.75 Å². The van der Waals surface area contributed by atoms with Gasteiger partial charge in [0.05, 0.1) is 23.4 Å². The number of amides is 1. The number of ketones is 1. The van der Waals surface area contributed by atoms with Crippen LogP contribution in [0.2, 0.25) is 0 Å². The maximum Gasteiger partial charge on any atom is 0.300 e. The number of hydrogen-bond acceptors (Lipinski definition) is 5. The number of halogens is 1. The minimum atomic E-state index is -0.902. The van der Waals surface area contributed by atoms with Gasteiger partial charge in [-0.25, -0.2) is 0 Å². The van der Waals surface area contributed by atoms with Gasteiger partial charge in [-0.05, 0) is 69.4 Å². The second kappa shape index (κ2) is 8.56. The van der Waals surface area contributed by atoms with Gasteiger partial charge >= 0.3 is 0 Å². The molecule has 0 spiro atoms. The highest BCUT2D eigenvalue weighted by atomic mass is 79.9. The molecule has 0 bridgehead atoms. The molecule has 3 aromatic rings. The van der Waals surface area contributed by atoms with Crippen molar-refractivity contribution in [3.8, 4) is 5.75 Å². The summed E-state index contributed by atoms with van der Waals surface area (Å²) in [6.07, 6.45) is 1.47. The van der Waals surface area contributed by atoms with Crippen molar-refractivity contribution in [2.75, 3.05) is 12.0 Å². The lowest BCUT2D eigenvalue weighted by molar-refractivity contribution is -0.132. The Labute approximate surface area is 200 Å². The minimum Gasteiger partial charge on any atom is -0.507 e. The monoisotopic (exact) mass is 509 g/mol. The Morgan fingerprint density at radius 1 is 1.09 bits per heavy atom. The number of benzene rings is 2. The smallest absolute Gasteiger partial charge is 0.300 e. The number of aliphatic hydroxyl groups excluding tert-OH is 1. The molecule has 7 heteroatoms. The molecule has 0 aliphatic carbocycles. The van der Waals surface area contributed by atoms with Crippen molar-refractivity contribution in [1.82, 2.24) is 0 Å². The average molecular weight is 510 g/mol. The van der Waals surface area contributed by atoms with Crippen LogP contribution in [0.1, 0.15) is 43.7 Å². The van der Waals surface area contributed by atoms with Gasteiger partial charge in [0.1, 0.15) is 23.3 Å². The Morgan fingerprint density at radius 3 is 2.33 bits per heavy atom. The van der Waals surface area contributed by atoms with Crippen LogP contribution in [0, 0.1) is 0 Å². The van der Waals surface area contributed by atoms with Crippen LogP contribution >= 0.6 is 15.9 Å². The standard InChI is InChI=1S/C26H24BrNO5/c1-26(2,3)16-8-10-17(11-9-16)28-22(20-6-5-13-33-20)21(24(30)25(28)31)23(29)15-7-12-19(32-4)18(27)14-15/h5-14,22,29H,1-4H3/b23-21-. The van der Waals surface area contributed by atoms with Crippen LogP contribution < -0.4 is 9.64 Å². The SMILES string of the molecule is COc1ccc(/C(O)=C2/C(=O)C(=O)N(c3ccc(C(C)(C)C)cc3)C2c2ccco2)cc1Br. The maximum atomic E-state index is 13.2. The van der Waals surface area contributed by atoms with Crippen LogP contribution in [0.25, 0.3) is 5.76 Å². The van der Waals surface area contributed by atoms with Gasteiger partial charge in [-0.1, -0.05) is 32.9 Å². The Morgan fingerprint density at radius 2 is 1.79 bits per heavy atom. The predicted molar refractivity (Wildman–Crippen MR) is 129 cm³/mol. The molecule has 1 fully saturated rings. The van der Waals surface area contributed by atoms with Gasteiger partial charge in [0.25, 0.3) is 11.7 Å². The molecule has 1 amide bonds. The number of furan rings is 1. The van der Waals surface area contributed by atoms with Gasteiger partial charge in [-0.15, -0.1) is 0 Å². The molecule has 1 aliphatic heterocycles. The van der Waals surface area contributed by atoms with Crippen LogP contribution in [0.3, 0.4) is 0 Å². The Balaban J connectivity index is 1.86. The van der Waals surface area contributed by atoms with E-state index in [2.05, 4.69) is 36.7 Å².